The van der Waals surface area contributed by atoms with Crippen LogP contribution in [-0.2, 0) is 10.8 Å². The Hall–Kier alpha value is -5.78. The normalized spacial score (nSPS) is 25.4. The summed E-state index contributed by atoms with van der Waals surface area (Å²) in [5.41, 5.74) is 21.8. The molecule has 0 N–H and O–H groups in total. The predicted octanol–water partition coefficient (Wildman–Crippen LogP) is 13.7. The van der Waals surface area contributed by atoms with Crippen molar-refractivity contribution in [2.45, 2.75) is 121 Å². The van der Waals surface area contributed by atoms with Gasteiger partial charge in [-0.3, -0.25) is 0 Å². The highest BCUT2D eigenvalue weighted by molar-refractivity contribution is 7.00. The van der Waals surface area contributed by atoms with E-state index in [2.05, 4.69) is 214 Å². The molecule has 0 amide bonds. The fourth-order valence-electron chi connectivity index (χ4n) is 14.5. The van der Waals surface area contributed by atoms with E-state index in [1.54, 1.807) is 16.3 Å². The Balaban J connectivity index is 1.14. The summed E-state index contributed by atoms with van der Waals surface area (Å²) >= 11 is 0. The van der Waals surface area contributed by atoms with Gasteiger partial charge in [-0.25, -0.2) is 0 Å². The van der Waals surface area contributed by atoms with Gasteiger partial charge in [0.05, 0.1) is 19.2 Å². The van der Waals surface area contributed by atoms with Gasteiger partial charge in [0.1, 0.15) is 0 Å². The fourth-order valence-corrected chi connectivity index (χ4v) is 15.7. The van der Waals surface area contributed by atoms with E-state index in [-0.39, 0.29) is 28.6 Å². The van der Waals surface area contributed by atoms with Crippen LogP contribution in [-0.4, -0.2) is 25.9 Å². The second kappa shape index (κ2) is 13.9. The van der Waals surface area contributed by atoms with E-state index in [1.807, 2.05) is 0 Å². The molecule has 4 atom stereocenters. The minimum absolute atomic E-state index is 0.0358. The molecule has 6 aliphatic rings. The van der Waals surface area contributed by atoms with E-state index in [1.165, 1.54) is 130 Å². The number of benzene rings is 7. The Labute approximate surface area is 394 Å². The summed E-state index contributed by atoms with van der Waals surface area (Å²) in [7, 11) is -1.57. The molecule has 4 unspecified atom stereocenters. The maximum Gasteiger partial charge on any atom is 0.252 e. The molecule has 4 aliphatic heterocycles. The van der Waals surface area contributed by atoms with Crippen molar-refractivity contribution >= 4 is 76.2 Å². The van der Waals surface area contributed by atoms with E-state index >= 15 is 0 Å². The van der Waals surface area contributed by atoms with Crippen LogP contribution in [0.5, 0.6) is 0 Å². The molecule has 5 heteroatoms. The minimum Gasteiger partial charge on any atom is -0.335 e. The van der Waals surface area contributed by atoms with Crippen molar-refractivity contribution in [2.24, 2.45) is 0 Å². The third-order valence-electron chi connectivity index (χ3n) is 18.5. The molecule has 3 nitrogen and oxygen atoms in total. The molecule has 66 heavy (non-hydrogen) atoms. The standard InChI is InChI=1S/C61H62BN3Si/c1-58-32-14-17-35-61(58,4)65-55-39-46(64-52-31-29-47(66(5,6)7)40-49(52)59(2)33-15-16-34-60(59,64)3)38-54-56(55)62(51-27-19-26-48(58)57(51)65)50-30-28-44(42-22-12-9-13-23-42)37-53(50)63(54)45-25-18-24-43(36-45)41-20-10-8-11-21-41/h8-13,18-31,36-40H,14-17,32-35H2,1-7H3. The molecule has 0 saturated heterocycles. The number of hydrogen-bond donors (Lipinski definition) is 0. The summed E-state index contributed by atoms with van der Waals surface area (Å²) in [4.78, 5) is 8.47. The molecule has 0 aromatic heterocycles. The van der Waals surface area contributed by atoms with Crippen molar-refractivity contribution < 1.29 is 0 Å². The molecule has 0 spiro atoms. The van der Waals surface area contributed by atoms with Gasteiger partial charge in [-0.2, -0.15) is 0 Å². The molecule has 13 rings (SSSR count). The summed E-state index contributed by atoms with van der Waals surface area (Å²) in [6.45, 7) is 18.1. The molecule has 2 aliphatic carbocycles. The van der Waals surface area contributed by atoms with Gasteiger partial charge in [0.15, 0.2) is 0 Å². The van der Waals surface area contributed by atoms with Gasteiger partial charge < -0.3 is 14.7 Å². The van der Waals surface area contributed by atoms with E-state index in [0.29, 0.717) is 0 Å². The first-order chi connectivity index (χ1) is 31.8. The quantitative estimate of drug-likeness (QED) is 0.160. The summed E-state index contributed by atoms with van der Waals surface area (Å²) in [6, 6.07) is 59.1. The van der Waals surface area contributed by atoms with E-state index < -0.39 is 8.07 Å². The van der Waals surface area contributed by atoms with Crippen LogP contribution in [0.15, 0.2) is 152 Å². The number of fused-ring (bicyclic) bond motifs is 10. The summed E-state index contributed by atoms with van der Waals surface area (Å²) in [5, 5.41) is 1.57. The van der Waals surface area contributed by atoms with Crippen molar-refractivity contribution in [3.63, 3.8) is 0 Å². The molecular weight excluding hydrogens is 814 g/mol. The topological polar surface area (TPSA) is 9.72 Å². The van der Waals surface area contributed by atoms with Gasteiger partial charge >= 0.3 is 0 Å². The van der Waals surface area contributed by atoms with Crippen molar-refractivity contribution in [1.82, 2.24) is 0 Å². The highest BCUT2D eigenvalue weighted by Crippen LogP contribution is 2.64. The molecule has 7 aromatic carbocycles. The smallest absolute Gasteiger partial charge is 0.252 e. The first-order valence-corrected chi connectivity index (χ1v) is 28.6. The molecule has 0 radical (unpaired) electrons. The van der Waals surface area contributed by atoms with E-state index in [9.17, 15) is 0 Å². The zero-order chi connectivity index (χ0) is 45.0. The lowest BCUT2D eigenvalue weighted by atomic mass is 9.33. The molecule has 2 fully saturated rings. The monoisotopic (exact) mass is 875 g/mol. The first-order valence-electron chi connectivity index (χ1n) is 25.1. The fraction of sp³-hybridized carbons (Fsp3) is 0.311. The van der Waals surface area contributed by atoms with Crippen LogP contribution in [0.3, 0.4) is 0 Å². The second-order valence-corrected chi connectivity index (χ2v) is 27.8. The van der Waals surface area contributed by atoms with Gasteiger partial charge in [-0.1, -0.05) is 180 Å². The van der Waals surface area contributed by atoms with Gasteiger partial charge in [-0.15, -0.1) is 0 Å². The number of hydrogen-bond acceptors (Lipinski definition) is 3. The van der Waals surface area contributed by atoms with Gasteiger partial charge in [0.2, 0.25) is 0 Å². The van der Waals surface area contributed by atoms with Crippen LogP contribution in [0.25, 0.3) is 22.3 Å². The lowest BCUT2D eigenvalue weighted by molar-refractivity contribution is 0.194. The van der Waals surface area contributed by atoms with Gasteiger partial charge in [-0.05, 0) is 126 Å². The number of para-hydroxylation sites is 1. The maximum atomic E-state index is 2.92. The van der Waals surface area contributed by atoms with Crippen molar-refractivity contribution in [3.05, 3.63) is 163 Å². The van der Waals surface area contributed by atoms with Crippen molar-refractivity contribution in [1.29, 1.82) is 0 Å². The lowest BCUT2D eigenvalue weighted by Crippen LogP contribution is -2.64. The SMILES string of the molecule is CC12CCCCC1(C)N(c1cc3c4c(c1)N1c5c(cccc5C5(C)CCCCC15C)B4c1ccc(-c4ccccc4)cc1N3c1cccc(-c3ccccc3)c1)c1ccc([Si](C)(C)C)cc12. The highest BCUT2D eigenvalue weighted by Gasteiger charge is 2.62. The number of rotatable bonds is 5. The zero-order valence-electron chi connectivity index (χ0n) is 40.0. The number of nitrogens with zero attached hydrogens (tertiary/aromatic N) is 3. The maximum absolute atomic E-state index is 2.92. The second-order valence-electron chi connectivity index (χ2n) is 22.7. The zero-order valence-corrected chi connectivity index (χ0v) is 41.0. The molecule has 7 aromatic rings. The first kappa shape index (κ1) is 40.5. The van der Waals surface area contributed by atoms with Crippen LogP contribution >= 0.6 is 0 Å². The predicted molar refractivity (Wildman–Crippen MR) is 285 cm³/mol. The van der Waals surface area contributed by atoms with Crippen LogP contribution in [0, 0.1) is 0 Å². The van der Waals surface area contributed by atoms with E-state index in [0.717, 1.165) is 0 Å². The largest absolute Gasteiger partial charge is 0.335 e. The summed E-state index contributed by atoms with van der Waals surface area (Å²) in [5.74, 6) is 0. The summed E-state index contributed by atoms with van der Waals surface area (Å²) < 4.78 is 0. The molecule has 328 valence electrons. The highest BCUT2D eigenvalue weighted by atomic mass is 28.3. The Morgan fingerprint density at radius 2 is 1.05 bits per heavy atom. The molecule has 4 heterocycles. The van der Waals surface area contributed by atoms with Crippen LogP contribution in [0.1, 0.15) is 90.2 Å². The Kier molecular flexibility index (Phi) is 8.52. The van der Waals surface area contributed by atoms with Crippen molar-refractivity contribution in [3.8, 4) is 22.3 Å². The summed E-state index contributed by atoms with van der Waals surface area (Å²) in [6.07, 6.45) is 9.87. The minimum atomic E-state index is -1.57. The Morgan fingerprint density at radius 3 is 1.74 bits per heavy atom. The van der Waals surface area contributed by atoms with Gasteiger partial charge in [0, 0.05) is 50.6 Å². The number of anilines is 7. The molecular formula is C61H62BN3Si. The van der Waals surface area contributed by atoms with Crippen LogP contribution in [0.4, 0.5) is 39.8 Å². The Morgan fingerprint density at radius 1 is 0.439 bits per heavy atom. The van der Waals surface area contributed by atoms with Crippen molar-refractivity contribution in [2.75, 3.05) is 14.7 Å². The van der Waals surface area contributed by atoms with Crippen LogP contribution in [0.2, 0.25) is 19.6 Å². The lowest BCUT2D eigenvalue weighted by Gasteiger charge is -2.53. The van der Waals surface area contributed by atoms with Gasteiger partial charge in [0.25, 0.3) is 6.71 Å². The van der Waals surface area contributed by atoms with Crippen LogP contribution < -0.4 is 36.3 Å². The third-order valence-corrected chi connectivity index (χ3v) is 20.5. The third kappa shape index (κ3) is 5.27. The average Bonchev–Trinajstić information content (AvgIpc) is 3.68. The Bertz CT molecular complexity index is 3140. The molecule has 2 saturated carbocycles. The molecule has 0 bridgehead atoms. The van der Waals surface area contributed by atoms with E-state index in [4.69, 9.17) is 0 Å². The average molecular weight is 876 g/mol.